The van der Waals surface area contributed by atoms with Crippen molar-refractivity contribution in [3.63, 3.8) is 0 Å². The summed E-state index contributed by atoms with van der Waals surface area (Å²) in [5.74, 6) is 1.20. The zero-order valence-corrected chi connectivity index (χ0v) is 32.5. The molecule has 0 spiro atoms. The van der Waals surface area contributed by atoms with Gasteiger partial charge in [-0.05, 0) is 44.4 Å². The number of allylic oxidation sites excluding steroid dienone is 1. The van der Waals surface area contributed by atoms with E-state index in [1.807, 2.05) is 0 Å². The van der Waals surface area contributed by atoms with Gasteiger partial charge in [-0.25, -0.2) is 0 Å². The van der Waals surface area contributed by atoms with Crippen molar-refractivity contribution in [3.8, 4) is 0 Å². The van der Waals surface area contributed by atoms with Crippen LogP contribution in [0.25, 0.3) is 0 Å². The number of ether oxygens (including phenoxy) is 6. The molecule has 4 atom stereocenters. The predicted molar refractivity (Wildman–Crippen MR) is 201 cm³/mol. The summed E-state index contributed by atoms with van der Waals surface area (Å²) in [4.78, 5) is 13.1. The molecule has 7 heteroatoms. The fourth-order valence-electron chi connectivity index (χ4n) is 6.85. The third-order valence-corrected chi connectivity index (χ3v) is 10.2. The number of hydrogen-bond donors (Lipinski definition) is 0. The Morgan fingerprint density at radius 1 is 0.612 bits per heavy atom. The van der Waals surface area contributed by atoms with Crippen LogP contribution in [0.3, 0.4) is 0 Å². The van der Waals surface area contributed by atoms with E-state index in [4.69, 9.17) is 28.4 Å². The Morgan fingerprint density at radius 2 is 1.08 bits per heavy atom. The monoisotopic (exact) mass is 695 g/mol. The third-order valence-electron chi connectivity index (χ3n) is 10.2. The number of unbranched alkanes of at least 4 members (excludes halogenated alkanes) is 15. The maximum Gasteiger partial charge on any atom is 0.306 e. The minimum Gasteiger partial charge on any atom is -0.491 e. The van der Waals surface area contributed by atoms with Gasteiger partial charge in [0.2, 0.25) is 0 Å². The van der Waals surface area contributed by atoms with Gasteiger partial charge >= 0.3 is 5.97 Å². The van der Waals surface area contributed by atoms with Crippen LogP contribution in [0.5, 0.6) is 0 Å². The lowest BCUT2D eigenvalue weighted by molar-refractivity contribution is -0.165. The summed E-state index contributed by atoms with van der Waals surface area (Å²) in [7, 11) is 1.72. The van der Waals surface area contributed by atoms with Gasteiger partial charge in [0.05, 0.1) is 24.4 Å². The Morgan fingerprint density at radius 3 is 1.57 bits per heavy atom. The van der Waals surface area contributed by atoms with E-state index in [-0.39, 0.29) is 37.0 Å². The number of methoxy groups -OCH3 is 1. The van der Waals surface area contributed by atoms with E-state index >= 15 is 0 Å². The van der Waals surface area contributed by atoms with Crippen LogP contribution in [-0.4, -0.2) is 63.6 Å². The van der Waals surface area contributed by atoms with Crippen molar-refractivity contribution in [3.05, 3.63) is 12.3 Å². The molecule has 2 aliphatic carbocycles. The van der Waals surface area contributed by atoms with Crippen molar-refractivity contribution in [1.82, 2.24) is 0 Å². The molecule has 2 fully saturated rings. The quantitative estimate of drug-likeness (QED) is 0.0283. The first-order valence-corrected chi connectivity index (χ1v) is 20.9. The standard InChI is InChI=1S/C42H78O7/c1-6-9-12-15-18-21-30-45-38(36-25-26-36)27-24-35(4)48-39-33-37(44-5)34-40(39)49-41(43)28-29-42(46-31-22-19-16-13-10-7-2)47-32-23-20-17-14-11-8-3/h36-40,42H,4,6-34H2,1-3,5H3. The van der Waals surface area contributed by atoms with Crippen molar-refractivity contribution < 1.29 is 33.2 Å². The number of rotatable bonds is 35. The lowest BCUT2D eigenvalue weighted by Gasteiger charge is -2.24. The fraction of sp³-hybridized carbons (Fsp3) is 0.929. The molecule has 2 rings (SSSR count). The molecule has 288 valence electrons. The van der Waals surface area contributed by atoms with Gasteiger partial charge in [-0.2, -0.15) is 0 Å². The van der Waals surface area contributed by atoms with Crippen molar-refractivity contribution in [2.45, 2.75) is 218 Å². The Labute approximate surface area is 302 Å². The normalized spacial score (nSPS) is 19.8. The molecule has 0 aliphatic heterocycles. The highest BCUT2D eigenvalue weighted by Gasteiger charge is 2.39. The lowest BCUT2D eigenvalue weighted by atomic mass is 10.1. The molecule has 0 aromatic heterocycles. The van der Waals surface area contributed by atoms with Gasteiger partial charge < -0.3 is 28.4 Å². The molecular formula is C42H78O7. The van der Waals surface area contributed by atoms with Gasteiger partial charge in [-0.15, -0.1) is 0 Å². The van der Waals surface area contributed by atoms with Crippen LogP contribution in [0.2, 0.25) is 0 Å². The Hall–Kier alpha value is -1.15. The maximum absolute atomic E-state index is 13.1. The number of carbonyl (C=O) groups excluding carboxylic acids is 1. The summed E-state index contributed by atoms with van der Waals surface area (Å²) >= 11 is 0. The highest BCUT2D eigenvalue weighted by Crippen LogP contribution is 2.37. The van der Waals surface area contributed by atoms with Gasteiger partial charge in [0, 0.05) is 52.6 Å². The highest BCUT2D eigenvalue weighted by atomic mass is 16.7. The smallest absolute Gasteiger partial charge is 0.306 e. The van der Waals surface area contributed by atoms with Crippen molar-refractivity contribution in [2.75, 3.05) is 26.9 Å². The molecule has 4 unspecified atom stereocenters. The van der Waals surface area contributed by atoms with Gasteiger partial charge in [0.1, 0.15) is 12.2 Å². The highest BCUT2D eigenvalue weighted by molar-refractivity contribution is 5.69. The van der Waals surface area contributed by atoms with Gasteiger partial charge in [0.25, 0.3) is 0 Å². The molecule has 0 aromatic carbocycles. The molecular weight excluding hydrogens is 616 g/mol. The van der Waals surface area contributed by atoms with Gasteiger partial charge in [-0.1, -0.05) is 124 Å². The van der Waals surface area contributed by atoms with E-state index in [0.29, 0.717) is 44.5 Å². The van der Waals surface area contributed by atoms with Gasteiger partial charge in [0.15, 0.2) is 6.29 Å². The molecule has 0 radical (unpaired) electrons. The predicted octanol–water partition coefficient (Wildman–Crippen LogP) is 11.4. The first-order chi connectivity index (χ1) is 24.0. The first kappa shape index (κ1) is 44.0. The summed E-state index contributed by atoms with van der Waals surface area (Å²) in [6.45, 7) is 13.2. The molecule has 2 aliphatic rings. The van der Waals surface area contributed by atoms with E-state index in [2.05, 4.69) is 27.4 Å². The molecule has 0 saturated heterocycles. The van der Waals surface area contributed by atoms with E-state index < -0.39 is 0 Å². The average molecular weight is 695 g/mol. The van der Waals surface area contributed by atoms with Crippen LogP contribution in [0, 0.1) is 5.92 Å². The third kappa shape index (κ3) is 22.4. The lowest BCUT2D eigenvalue weighted by Crippen LogP contribution is -2.29. The Kier molecular flexibility index (Phi) is 26.4. The van der Waals surface area contributed by atoms with Crippen LogP contribution in [0.4, 0.5) is 0 Å². The zero-order chi connectivity index (χ0) is 35.4. The van der Waals surface area contributed by atoms with Crippen LogP contribution in [0.1, 0.15) is 188 Å². The summed E-state index contributed by atoms with van der Waals surface area (Å²) < 4.78 is 36.7. The minimum absolute atomic E-state index is 0.00420. The van der Waals surface area contributed by atoms with E-state index in [9.17, 15) is 4.79 Å². The van der Waals surface area contributed by atoms with E-state index in [0.717, 1.165) is 44.5 Å². The van der Waals surface area contributed by atoms with Crippen molar-refractivity contribution in [2.24, 2.45) is 5.92 Å². The molecule has 0 bridgehead atoms. The second kappa shape index (κ2) is 29.4. The second-order valence-electron chi connectivity index (χ2n) is 14.9. The molecule has 7 nitrogen and oxygen atoms in total. The summed E-state index contributed by atoms with van der Waals surface area (Å²) in [5.41, 5.74) is 0. The molecule has 0 heterocycles. The first-order valence-electron chi connectivity index (χ1n) is 20.9. The Balaban J connectivity index is 1.76. The molecule has 0 N–H and O–H groups in total. The van der Waals surface area contributed by atoms with E-state index in [1.165, 1.54) is 109 Å². The number of hydrogen-bond acceptors (Lipinski definition) is 7. The molecule has 49 heavy (non-hydrogen) atoms. The summed E-state index contributed by atoms with van der Waals surface area (Å²) in [6, 6.07) is 0. The van der Waals surface area contributed by atoms with Crippen LogP contribution in [0.15, 0.2) is 12.3 Å². The Bertz CT molecular complexity index is 782. The fourth-order valence-corrected chi connectivity index (χ4v) is 6.85. The topological polar surface area (TPSA) is 72.5 Å². The van der Waals surface area contributed by atoms with Crippen molar-refractivity contribution >= 4 is 5.97 Å². The minimum atomic E-state index is -0.372. The average Bonchev–Trinajstić information content (AvgIpc) is 3.88. The van der Waals surface area contributed by atoms with Gasteiger partial charge in [-0.3, -0.25) is 4.79 Å². The van der Waals surface area contributed by atoms with Crippen LogP contribution in [-0.2, 0) is 33.2 Å². The molecule has 0 aromatic rings. The number of esters is 1. The van der Waals surface area contributed by atoms with Crippen LogP contribution >= 0.6 is 0 Å². The van der Waals surface area contributed by atoms with E-state index in [1.54, 1.807) is 7.11 Å². The molecule has 2 saturated carbocycles. The van der Waals surface area contributed by atoms with Crippen molar-refractivity contribution in [1.29, 1.82) is 0 Å². The van der Waals surface area contributed by atoms with Crippen LogP contribution < -0.4 is 0 Å². The largest absolute Gasteiger partial charge is 0.491 e. The molecule has 0 amide bonds. The SMILES string of the molecule is C=C(CCC(OCCCCCCCC)C1CC1)OC1CC(OC)CC1OC(=O)CCC(OCCCCCCCC)OCCCCCCCC. The second-order valence-corrected chi connectivity index (χ2v) is 14.9. The maximum atomic E-state index is 13.1. The number of carbonyl (C=O) groups is 1. The summed E-state index contributed by atoms with van der Waals surface area (Å²) in [5, 5.41) is 0. The zero-order valence-electron chi connectivity index (χ0n) is 32.5. The summed E-state index contributed by atoms with van der Waals surface area (Å²) in [6.07, 6.45) is 27.9.